The molecule has 0 aliphatic carbocycles. The van der Waals surface area contributed by atoms with Gasteiger partial charge in [-0.1, -0.05) is 48.9 Å². The molecular weight excluding hydrogens is 256 g/mol. The summed E-state index contributed by atoms with van der Waals surface area (Å²) in [5, 5.41) is 0. The molecule has 21 heavy (non-hydrogen) atoms. The fraction of sp³-hybridized carbons (Fsp3) is 0.316. The zero-order valence-corrected chi connectivity index (χ0v) is 12.6. The molecule has 0 N–H and O–H groups in total. The maximum absolute atomic E-state index is 4.28. The van der Waals surface area contributed by atoms with Crippen LogP contribution in [0.5, 0.6) is 0 Å². The minimum atomic E-state index is 1.03. The molecule has 0 fully saturated rings. The third-order valence-corrected chi connectivity index (χ3v) is 4.22. The van der Waals surface area contributed by atoms with Gasteiger partial charge in [-0.2, -0.15) is 0 Å². The number of nitrogens with zero attached hydrogens (tertiary/aromatic N) is 2. The second-order valence-corrected chi connectivity index (χ2v) is 5.62. The molecule has 1 aromatic heterocycles. The van der Waals surface area contributed by atoms with Gasteiger partial charge in [-0.3, -0.25) is 9.88 Å². The highest BCUT2D eigenvalue weighted by Crippen LogP contribution is 2.28. The van der Waals surface area contributed by atoms with E-state index >= 15 is 0 Å². The van der Waals surface area contributed by atoms with E-state index in [2.05, 4.69) is 53.2 Å². The zero-order chi connectivity index (χ0) is 14.5. The Morgan fingerprint density at radius 2 is 1.95 bits per heavy atom. The Hall–Kier alpha value is -1.93. The summed E-state index contributed by atoms with van der Waals surface area (Å²) < 4.78 is 0. The largest absolute Gasteiger partial charge is 0.294 e. The topological polar surface area (TPSA) is 16.1 Å². The first kappa shape index (κ1) is 14.0. The summed E-state index contributed by atoms with van der Waals surface area (Å²) in [5.41, 5.74) is 5.75. The van der Waals surface area contributed by atoms with Crippen molar-refractivity contribution >= 4 is 5.57 Å². The molecule has 0 saturated carbocycles. The highest BCUT2D eigenvalue weighted by molar-refractivity contribution is 5.70. The molecular formula is C19H22N2. The summed E-state index contributed by atoms with van der Waals surface area (Å²) in [6.45, 7) is 5.48. The van der Waals surface area contributed by atoms with Crippen LogP contribution in [0.4, 0.5) is 0 Å². The van der Waals surface area contributed by atoms with Crippen LogP contribution in [-0.4, -0.2) is 23.0 Å². The predicted molar refractivity (Wildman–Crippen MR) is 87.8 cm³/mol. The average molecular weight is 278 g/mol. The van der Waals surface area contributed by atoms with Gasteiger partial charge in [0, 0.05) is 32.0 Å². The van der Waals surface area contributed by atoms with Crippen LogP contribution < -0.4 is 0 Å². The second-order valence-electron chi connectivity index (χ2n) is 5.62. The van der Waals surface area contributed by atoms with Crippen molar-refractivity contribution in [2.45, 2.75) is 26.3 Å². The number of hydrogen-bond donors (Lipinski definition) is 0. The first-order chi connectivity index (χ1) is 10.4. The summed E-state index contributed by atoms with van der Waals surface area (Å²) in [7, 11) is 0. The van der Waals surface area contributed by atoms with Gasteiger partial charge in [0.05, 0.1) is 0 Å². The maximum atomic E-state index is 4.28. The van der Waals surface area contributed by atoms with Gasteiger partial charge in [0.1, 0.15) is 0 Å². The number of aromatic nitrogens is 1. The lowest BCUT2D eigenvalue weighted by molar-refractivity contribution is 0.291. The van der Waals surface area contributed by atoms with Crippen molar-refractivity contribution in [2.24, 2.45) is 0 Å². The molecule has 0 unspecified atom stereocenters. The van der Waals surface area contributed by atoms with Crippen LogP contribution in [0.2, 0.25) is 0 Å². The van der Waals surface area contributed by atoms with Crippen LogP contribution in [0.25, 0.3) is 5.57 Å². The molecule has 1 aliphatic heterocycles. The second kappa shape index (κ2) is 6.68. The Morgan fingerprint density at radius 3 is 2.67 bits per heavy atom. The predicted octanol–water partition coefficient (Wildman–Crippen LogP) is 4.15. The van der Waals surface area contributed by atoms with Gasteiger partial charge in [0.15, 0.2) is 0 Å². The molecule has 2 heterocycles. The van der Waals surface area contributed by atoms with Gasteiger partial charge in [0.25, 0.3) is 0 Å². The standard InChI is InChI=1S/C19H22N2/c1-2-17-10-12-21(14-16-7-4-3-5-8-16)15-19(17)18-9-6-11-20-13-18/h3-9,11,13H,2,10,12,14-15H2,1H3. The Bertz CT molecular complexity index is 602. The van der Waals surface area contributed by atoms with Crippen LogP contribution in [-0.2, 0) is 6.54 Å². The summed E-state index contributed by atoms with van der Waals surface area (Å²) in [6, 6.07) is 15.0. The number of pyridine rings is 1. The molecule has 2 heteroatoms. The van der Waals surface area contributed by atoms with E-state index in [1.165, 1.54) is 23.1 Å². The van der Waals surface area contributed by atoms with Gasteiger partial charge in [-0.15, -0.1) is 0 Å². The minimum Gasteiger partial charge on any atom is -0.294 e. The van der Waals surface area contributed by atoms with Crippen LogP contribution in [0.15, 0.2) is 60.4 Å². The molecule has 0 atom stereocenters. The molecule has 3 rings (SSSR count). The molecule has 1 aliphatic rings. The van der Waals surface area contributed by atoms with E-state index in [-0.39, 0.29) is 0 Å². The van der Waals surface area contributed by atoms with Gasteiger partial charge in [-0.05, 0) is 35.6 Å². The lowest BCUT2D eigenvalue weighted by Gasteiger charge is -2.31. The SMILES string of the molecule is CCC1=C(c2cccnc2)CN(Cc2ccccc2)CC1. The Balaban J connectivity index is 1.79. The van der Waals surface area contributed by atoms with Gasteiger partial charge < -0.3 is 0 Å². The van der Waals surface area contributed by atoms with Crippen molar-refractivity contribution in [1.82, 2.24) is 9.88 Å². The summed E-state index contributed by atoms with van der Waals surface area (Å²) in [5.74, 6) is 0. The lowest BCUT2D eigenvalue weighted by Crippen LogP contribution is -2.30. The van der Waals surface area contributed by atoms with Crippen LogP contribution in [0.3, 0.4) is 0 Å². The Labute approximate surface area is 127 Å². The van der Waals surface area contributed by atoms with Crippen molar-refractivity contribution in [1.29, 1.82) is 0 Å². The fourth-order valence-electron chi connectivity index (χ4n) is 3.06. The van der Waals surface area contributed by atoms with E-state index < -0.39 is 0 Å². The maximum Gasteiger partial charge on any atom is 0.0343 e. The van der Waals surface area contributed by atoms with E-state index in [9.17, 15) is 0 Å². The van der Waals surface area contributed by atoms with E-state index in [4.69, 9.17) is 0 Å². The van der Waals surface area contributed by atoms with Crippen molar-refractivity contribution in [2.75, 3.05) is 13.1 Å². The summed E-state index contributed by atoms with van der Waals surface area (Å²) in [6.07, 6.45) is 6.16. The molecule has 0 spiro atoms. The van der Waals surface area contributed by atoms with Crippen LogP contribution in [0, 0.1) is 0 Å². The zero-order valence-electron chi connectivity index (χ0n) is 12.6. The van der Waals surface area contributed by atoms with E-state index in [1.807, 2.05) is 18.5 Å². The van der Waals surface area contributed by atoms with E-state index in [1.54, 1.807) is 5.57 Å². The highest BCUT2D eigenvalue weighted by Gasteiger charge is 2.19. The summed E-state index contributed by atoms with van der Waals surface area (Å²) in [4.78, 5) is 6.82. The molecule has 0 amide bonds. The Morgan fingerprint density at radius 1 is 1.10 bits per heavy atom. The first-order valence-electron chi connectivity index (χ1n) is 7.74. The third-order valence-electron chi connectivity index (χ3n) is 4.22. The number of benzene rings is 1. The number of hydrogen-bond acceptors (Lipinski definition) is 2. The monoisotopic (exact) mass is 278 g/mol. The molecule has 1 aromatic carbocycles. The van der Waals surface area contributed by atoms with E-state index in [0.29, 0.717) is 0 Å². The van der Waals surface area contributed by atoms with Crippen molar-refractivity contribution in [3.63, 3.8) is 0 Å². The quantitative estimate of drug-likeness (QED) is 0.835. The fourth-order valence-corrected chi connectivity index (χ4v) is 3.06. The van der Waals surface area contributed by atoms with Crippen LogP contribution in [0.1, 0.15) is 30.9 Å². The molecule has 2 aromatic rings. The minimum absolute atomic E-state index is 1.03. The van der Waals surface area contributed by atoms with E-state index in [0.717, 1.165) is 26.1 Å². The molecule has 0 saturated heterocycles. The first-order valence-corrected chi connectivity index (χ1v) is 7.74. The highest BCUT2D eigenvalue weighted by atomic mass is 15.1. The van der Waals surface area contributed by atoms with Crippen LogP contribution >= 0.6 is 0 Å². The third kappa shape index (κ3) is 3.40. The van der Waals surface area contributed by atoms with Gasteiger partial charge >= 0.3 is 0 Å². The number of rotatable bonds is 4. The normalized spacial score (nSPS) is 16.2. The molecule has 0 radical (unpaired) electrons. The molecule has 108 valence electrons. The molecule has 0 bridgehead atoms. The Kier molecular flexibility index (Phi) is 4.46. The van der Waals surface area contributed by atoms with Crippen molar-refractivity contribution < 1.29 is 0 Å². The van der Waals surface area contributed by atoms with Crippen molar-refractivity contribution in [3.05, 3.63) is 71.6 Å². The van der Waals surface area contributed by atoms with Gasteiger partial charge in [0.2, 0.25) is 0 Å². The average Bonchev–Trinajstić information content (AvgIpc) is 2.56. The summed E-state index contributed by atoms with van der Waals surface area (Å²) >= 11 is 0. The molecule has 2 nitrogen and oxygen atoms in total. The van der Waals surface area contributed by atoms with Crippen molar-refractivity contribution in [3.8, 4) is 0 Å². The smallest absolute Gasteiger partial charge is 0.0343 e. The van der Waals surface area contributed by atoms with Gasteiger partial charge in [-0.25, -0.2) is 0 Å². The lowest BCUT2D eigenvalue weighted by atomic mass is 9.93.